The van der Waals surface area contributed by atoms with Crippen LogP contribution in [0.15, 0.2) is 42.7 Å². The molecule has 7 heteroatoms. The fourth-order valence-corrected chi connectivity index (χ4v) is 2.56. The van der Waals surface area contributed by atoms with Gasteiger partial charge in [0.15, 0.2) is 0 Å². The van der Waals surface area contributed by atoms with Crippen LogP contribution < -0.4 is 5.32 Å². The average molecular weight is 345 g/mol. The lowest BCUT2D eigenvalue weighted by Gasteiger charge is -2.24. The molecule has 1 heterocycles. The van der Waals surface area contributed by atoms with Crippen LogP contribution in [0.1, 0.15) is 44.1 Å². The highest BCUT2D eigenvalue weighted by atomic mass is 16.5. The molecule has 0 fully saturated rings. The van der Waals surface area contributed by atoms with Crippen molar-refractivity contribution >= 4 is 12.1 Å². The van der Waals surface area contributed by atoms with E-state index in [1.807, 2.05) is 44.2 Å². The van der Waals surface area contributed by atoms with Crippen LogP contribution >= 0.6 is 0 Å². The van der Waals surface area contributed by atoms with E-state index in [0.29, 0.717) is 0 Å². The molecule has 2 unspecified atom stereocenters. The molecular weight excluding hydrogens is 322 g/mol. The Morgan fingerprint density at radius 3 is 2.52 bits per heavy atom. The van der Waals surface area contributed by atoms with Crippen molar-refractivity contribution in [2.75, 3.05) is 0 Å². The molecule has 25 heavy (non-hydrogen) atoms. The van der Waals surface area contributed by atoms with Crippen LogP contribution in [-0.2, 0) is 16.1 Å². The second kappa shape index (κ2) is 8.32. The average Bonchev–Trinajstić information content (AvgIpc) is 3.08. The first-order valence-electron chi connectivity index (χ1n) is 8.13. The number of hydrogen-bond acceptors (Lipinski definition) is 4. The van der Waals surface area contributed by atoms with Crippen LogP contribution in [0.2, 0.25) is 0 Å². The monoisotopic (exact) mass is 345 g/mol. The second-order valence-corrected chi connectivity index (χ2v) is 6.11. The van der Waals surface area contributed by atoms with Crippen LogP contribution in [-0.4, -0.2) is 32.8 Å². The van der Waals surface area contributed by atoms with Crippen molar-refractivity contribution in [2.45, 2.75) is 45.4 Å². The standard InChI is InChI=1S/C18H23N3O4/c1-12(2)16-19-9-10-21(16)13(3)15(17(22)23)20-18(24)25-11-14-7-5-4-6-8-14/h4-10,12-13,15H,11H2,1-3H3,(H,20,24)(H,22,23). The molecule has 0 aliphatic carbocycles. The third-order valence-corrected chi connectivity index (χ3v) is 3.89. The Labute approximate surface area is 146 Å². The predicted molar refractivity (Wildman–Crippen MR) is 92.2 cm³/mol. The van der Waals surface area contributed by atoms with Gasteiger partial charge in [-0.05, 0) is 12.5 Å². The van der Waals surface area contributed by atoms with Crippen molar-refractivity contribution in [3.63, 3.8) is 0 Å². The first kappa shape index (κ1) is 18.5. The number of nitrogens with one attached hydrogen (secondary N) is 1. The Hall–Kier alpha value is -2.83. The lowest BCUT2D eigenvalue weighted by Crippen LogP contribution is -2.46. The van der Waals surface area contributed by atoms with Gasteiger partial charge in [-0.3, -0.25) is 0 Å². The van der Waals surface area contributed by atoms with Crippen LogP contribution in [0.25, 0.3) is 0 Å². The number of carbonyl (C=O) groups is 2. The summed E-state index contributed by atoms with van der Waals surface area (Å²) in [6.45, 7) is 5.76. The molecule has 2 aromatic rings. The zero-order chi connectivity index (χ0) is 18.4. The van der Waals surface area contributed by atoms with Crippen molar-refractivity contribution < 1.29 is 19.4 Å². The molecule has 0 saturated carbocycles. The molecule has 0 bridgehead atoms. The van der Waals surface area contributed by atoms with Crippen LogP contribution in [0, 0.1) is 0 Å². The molecule has 2 rings (SSSR count). The Morgan fingerprint density at radius 1 is 1.24 bits per heavy atom. The first-order valence-corrected chi connectivity index (χ1v) is 8.13. The Bertz CT molecular complexity index is 712. The van der Waals surface area contributed by atoms with Crippen molar-refractivity contribution in [2.24, 2.45) is 0 Å². The number of hydrogen-bond donors (Lipinski definition) is 2. The van der Waals surface area contributed by atoms with Gasteiger partial charge in [0.05, 0.1) is 6.04 Å². The largest absolute Gasteiger partial charge is 0.480 e. The molecule has 0 radical (unpaired) electrons. The zero-order valence-electron chi connectivity index (χ0n) is 14.5. The minimum absolute atomic E-state index is 0.0791. The van der Waals surface area contributed by atoms with Gasteiger partial charge in [0.2, 0.25) is 0 Å². The second-order valence-electron chi connectivity index (χ2n) is 6.11. The van der Waals surface area contributed by atoms with Crippen molar-refractivity contribution in [1.82, 2.24) is 14.9 Å². The van der Waals surface area contributed by atoms with E-state index in [1.54, 1.807) is 23.9 Å². The fraction of sp³-hybridized carbons (Fsp3) is 0.389. The highest BCUT2D eigenvalue weighted by molar-refractivity contribution is 5.80. The maximum absolute atomic E-state index is 12.0. The number of benzene rings is 1. The van der Waals surface area contributed by atoms with E-state index in [1.165, 1.54) is 0 Å². The number of alkyl carbamates (subject to hydrolysis) is 1. The zero-order valence-corrected chi connectivity index (χ0v) is 14.5. The lowest BCUT2D eigenvalue weighted by atomic mass is 10.1. The normalized spacial score (nSPS) is 13.3. The van der Waals surface area contributed by atoms with E-state index in [0.717, 1.165) is 11.4 Å². The number of carboxylic acid groups (broad SMARTS) is 1. The quantitative estimate of drug-likeness (QED) is 0.805. The molecule has 1 aromatic carbocycles. The number of rotatable bonds is 7. The third-order valence-electron chi connectivity index (χ3n) is 3.89. The topological polar surface area (TPSA) is 93.5 Å². The van der Waals surface area contributed by atoms with Gasteiger partial charge in [0, 0.05) is 18.3 Å². The maximum Gasteiger partial charge on any atom is 0.408 e. The Kier molecular flexibility index (Phi) is 6.16. The Balaban J connectivity index is 2.03. The molecule has 1 aromatic heterocycles. The van der Waals surface area contributed by atoms with E-state index < -0.39 is 24.1 Å². The van der Waals surface area contributed by atoms with Gasteiger partial charge in [-0.25, -0.2) is 14.6 Å². The molecule has 0 aliphatic heterocycles. The van der Waals surface area contributed by atoms with Crippen LogP contribution in [0.3, 0.4) is 0 Å². The minimum Gasteiger partial charge on any atom is -0.480 e. The van der Waals surface area contributed by atoms with E-state index in [9.17, 15) is 14.7 Å². The highest BCUT2D eigenvalue weighted by Crippen LogP contribution is 2.20. The molecule has 2 N–H and O–H groups in total. The van der Waals surface area contributed by atoms with Gasteiger partial charge < -0.3 is 19.7 Å². The number of amides is 1. The summed E-state index contributed by atoms with van der Waals surface area (Å²) in [5.41, 5.74) is 0.828. The predicted octanol–water partition coefficient (Wildman–Crippen LogP) is 2.95. The summed E-state index contributed by atoms with van der Waals surface area (Å²) >= 11 is 0. The van der Waals surface area contributed by atoms with Crippen molar-refractivity contribution in [3.05, 3.63) is 54.1 Å². The highest BCUT2D eigenvalue weighted by Gasteiger charge is 2.30. The molecule has 0 saturated heterocycles. The summed E-state index contributed by atoms with van der Waals surface area (Å²) in [5.74, 6) is -0.234. The number of ether oxygens (including phenoxy) is 1. The van der Waals surface area contributed by atoms with Crippen molar-refractivity contribution in [1.29, 1.82) is 0 Å². The summed E-state index contributed by atoms with van der Waals surface area (Å²) in [7, 11) is 0. The van der Waals surface area contributed by atoms with Gasteiger partial charge in [-0.2, -0.15) is 0 Å². The minimum atomic E-state index is -1.13. The van der Waals surface area contributed by atoms with Gasteiger partial charge in [0.1, 0.15) is 18.5 Å². The molecule has 0 aliphatic rings. The molecule has 0 spiro atoms. The number of imidazole rings is 1. The number of carboxylic acids is 1. The SMILES string of the molecule is CC(C)c1nccn1C(C)C(NC(=O)OCc1ccccc1)C(=O)O. The van der Waals surface area contributed by atoms with E-state index in [2.05, 4.69) is 10.3 Å². The number of nitrogens with zero attached hydrogens (tertiary/aromatic N) is 2. The van der Waals surface area contributed by atoms with Crippen molar-refractivity contribution in [3.8, 4) is 0 Å². The molecule has 7 nitrogen and oxygen atoms in total. The first-order chi connectivity index (χ1) is 11.9. The number of aromatic nitrogens is 2. The van der Waals surface area contributed by atoms with Gasteiger partial charge in [-0.1, -0.05) is 44.2 Å². The molecule has 2 atom stereocenters. The van der Waals surface area contributed by atoms with Gasteiger partial charge in [-0.15, -0.1) is 0 Å². The third kappa shape index (κ3) is 4.82. The smallest absolute Gasteiger partial charge is 0.408 e. The number of carbonyl (C=O) groups excluding carboxylic acids is 1. The fourth-order valence-electron chi connectivity index (χ4n) is 2.56. The summed E-state index contributed by atoms with van der Waals surface area (Å²) in [6.07, 6.45) is 2.57. The molecule has 134 valence electrons. The summed E-state index contributed by atoms with van der Waals surface area (Å²) in [6, 6.07) is 7.55. The molecular formula is C18H23N3O4. The lowest BCUT2D eigenvalue weighted by molar-refractivity contribution is -0.140. The van der Waals surface area contributed by atoms with E-state index >= 15 is 0 Å². The van der Waals surface area contributed by atoms with E-state index in [4.69, 9.17) is 4.74 Å². The van der Waals surface area contributed by atoms with Gasteiger partial charge >= 0.3 is 12.1 Å². The number of aliphatic carboxylic acids is 1. The van der Waals surface area contributed by atoms with Crippen LogP contribution in [0.5, 0.6) is 0 Å². The van der Waals surface area contributed by atoms with Gasteiger partial charge in [0.25, 0.3) is 0 Å². The van der Waals surface area contributed by atoms with Crippen LogP contribution in [0.4, 0.5) is 4.79 Å². The summed E-state index contributed by atoms with van der Waals surface area (Å²) in [5, 5.41) is 11.9. The Morgan fingerprint density at radius 2 is 1.92 bits per heavy atom. The molecule has 1 amide bonds. The summed E-state index contributed by atoms with van der Waals surface area (Å²) < 4.78 is 6.88. The van der Waals surface area contributed by atoms with E-state index in [-0.39, 0.29) is 12.5 Å². The summed E-state index contributed by atoms with van der Waals surface area (Å²) in [4.78, 5) is 27.9. The maximum atomic E-state index is 12.0.